The van der Waals surface area contributed by atoms with Gasteiger partial charge in [-0.1, -0.05) is 95.1 Å². The molecule has 0 fully saturated rings. The molecule has 0 aliphatic carbocycles. The molecule has 612 valence electrons. The number of phenols is 2. The topological polar surface area (TPSA) is 617 Å². The normalized spacial score (nSPS) is 15.7. The Morgan fingerprint density at radius 1 is 0.378 bits per heavy atom. The zero-order chi connectivity index (χ0) is 83.5. The average Bonchev–Trinajstić information content (AvgIpc) is 0.847. The maximum Gasteiger partial charge on any atom is 0.326 e. The molecular weight excluding hydrogens is 1480 g/mol. The minimum Gasteiger partial charge on any atom is -0.508 e. The highest BCUT2D eigenvalue weighted by molar-refractivity contribution is 7.98. The summed E-state index contributed by atoms with van der Waals surface area (Å²) in [6.07, 6.45) is -2.70. The van der Waals surface area contributed by atoms with Crippen molar-refractivity contribution < 1.29 is 118 Å². The molecule has 0 bridgehead atoms. The van der Waals surface area contributed by atoms with Crippen molar-refractivity contribution in [2.75, 3.05) is 25.2 Å². The Bertz CT molecular complexity index is 3690. The molecule has 3 aromatic carbocycles. The summed E-state index contributed by atoms with van der Waals surface area (Å²) >= 11 is 1.35. The number of aromatic hydroxyl groups is 2. The Hall–Kier alpha value is -11.0. The molecule has 0 radical (unpaired) electrons. The smallest absolute Gasteiger partial charge is 0.326 e. The van der Waals surface area contributed by atoms with Gasteiger partial charge in [0.15, 0.2) is 0 Å². The number of carbonyl (C=O) groups excluding carboxylic acids is 13. The van der Waals surface area contributed by atoms with Crippen LogP contribution in [-0.2, 0) is 96.0 Å². The van der Waals surface area contributed by atoms with Gasteiger partial charge in [-0.3, -0.25) is 71.9 Å². The first-order chi connectivity index (χ1) is 52.3. The zero-order valence-corrected chi connectivity index (χ0v) is 63.7. The minimum absolute atomic E-state index is 0.0118. The standard InChI is InChI=1S/C72H104N14O24S/c1-10-35(3)56(69(106)76-38(6)60(97)78-48(72(109)110)27-28-111-9)85-68(105)53(34-88)82-64(101)49(31-43-19-23-45(91)24-20-43)79-65(102)51(32-55(94)95)80-67(104)52(33-87)83-70(107)57(36(4)11-2)84-66(103)50(30-41-15-13-12-14-16-41)81-71(108)58(40(8)89)86-61(98)39(7)75-63(100)47(25-26-54(92)93)77-59(96)37(5)74-62(99)46(73)29-42-17-21-44(90)22-18-42/h12-24,35-40,46-53,56-58,87-91H,10-11,25-34,73H2,1-9H3,(H,74,99)(H,75,100)(H,76,106)(H,77,96)(H,78,97)(H,79,102)(H,80,104)(H,81,108)(H,82,101)(H,83,107)(H,84,103)(H,85,105)(H,86,98)(H,92,93)(H,94,95)(H,109,110)/t35-,36-,37-,38-,39-,40+,46-,47-,48-,49-,50-,51-,52-,53-,56-,57-,58-/m0/s1. The first-order valence-corrected chi connectivity index (χ1v) is 37.0. The lowest BCUT2D eigenvalue weighted by Crippen LogP contribution is -2.63. The van der Waals surface area contributed by atoms with Crippen LogP contribution in [0.15, 0.2) is 78.9 Å². The zero-order valence-electron chi connectivity index (χ0n) is 62.9. The van der Waals surface area contributed by atoms with Crippen LogP contribution < -0.4 is 74.9 Å². The number of aliphatic hydroxyl groups is 3. The first kappa shape index (κ1) is 94.2. The number of nitrogens with one attached hydrogen (secondary N) is 13. The fourth-order valence-electron chi connectivity index (χ4n) is 10.6. The predicted molar refractivity (Wildman–Crippen MR) is 398 cm³/mol. The Morgan fingerprint density at radius 2 is 0.721 bits per heavy atom. The van der Waals surface area contributed by atoms with Gasteiger partial charge in [0.1, 0.15) is 90.0 Å². The lowest BCUT2D eigenvalue weighted by Gasteiger charge is -2.30. The number of thioether (sulfide) groups is 1. The fraction of sp³-hybridized carbons (Fsp3) is 0.528. The van der Waals surface area contributed by atoms with Crippen molar-refractivity contribution in [1.82, 2.24) is 69.1 Å². The lowest BCUT2D eigenvalue weighted by atomic mass is 9.96. The number of hydrogen-bond donors (Lipinski definition) is 22. The maximum absolute atomic E-state index is 14.6. The number of benzene rings is 3. The molecule has 17 atom stereocenters. The van der Waals surface area contributed by atoms with Crippen LogP contribution in [-0.4, -0.2) is 251 Å². The van der Waals surface area contributed by atoms with Crippen molar-refractivity contribution in [2.45, 2.75) is 204 Å². The highest BCUT2D eigenvalue weighted by Crippen LogP contribution is 2.17. The fourth-order valence-corrected chi connectivity index (χ4v) is 11.1. The molecule has 38 nitrogen and oxygen atoms in total. The third-order valence-corrected chi connectivity index (χ3v) is 18.4. The van der Waals surface area contributed by atoms with Crippen LogP contribution >= 0.6 is 11.8 Å². The van der Waals surface area contributed by atoms with Gasteiger partial charge in [0, 0.05) is 19.3 Å². The van der Waals surface area contributed by atoms with E-state index in [1.54, 1.807) is 57.4 Å². The van der Waals surface area contributed by atoms with Gasteiger partial charge in [-0.2, -0.15) is 11.8 Å². The minimum atomic E-state index is -2.13. The molecule has 0 aromatic heterocycles. The molecule has 0 saturated carbocycles. The summed E-state index contributed by atoms with van der Waals surface area (Å²) in [5.41, 5.74) is 7.29. The summed E-state index contributed by atoms with van der Waals surface area (Å²) in [5, 5.41) is 111. The van der Waals surface area contributed by atoms with Crippen LogP contribution in [0, 0.1) is 11.8 Å². The third kappa shape index (κ3) is 32.2. The molecule has 23 N–H and O–H groups in total. The van der Waals surface area contributed by atoms with Gasteiger partial charge < -0.3 is 116 Å². The van der Waals surface area contributed by atoms with Gasteiger partial charge in [0.2, 0.25) is 76.8 Å². The average molecular weight is 1580 g/mol. The van der Waals surface area contributed by atoms with Crippen LogP contribution in [0.25, 0.3) is 0 Å². The number of rotatable bonds is 48. The summed E-state index contributed by atoms with van der Waals surface area (Å²) in [6, 6.07) is -3.80. The van der Waals surface area contributed by atoms with E-state index in [1.807, 2.05) is 0 Å². The molecule has 0 aliphatic rings. The molecule has 3 aromatic rings. The molecular formula is C72H104N14O24S. The number of carbonyl (C=O) groups is 16. The second-order valence-electron chi connectivity index (χ2n) is 26.6. The Balaban J connectivity index is 1.85. The van der Waals surface area contributed by atoms with Gasteiger partial charge >= 0.3 is 17.9 Å². The highest BCUT2D eigenvalue weighted by atomic mass is 32.2. The number of amides is 13. The van der Waals surface area contributed by atoms with Gasteiger partial charge in [-0.25, -0.2) is 4.79 Å². The molecule has 111 heavy (non-hydrogen) atoms. The van der Waals surface area contributed by atoms with E-state index in [2.05, 4.69) is 69.1 Å². The quantitative estimate of drug-likeness (QED) is 0.0253. The van der Waals surface area contributed by atoms with Crippen LogP contribution in [0.4, 0.5) is 0 Å². The van der Waals surface area contributed by atoms with Crippen LogP contribution in [0.3, 0.4) is 0 Å². The van der Waals surface area contributed by atoms with Crippen molar-refractivity contribution in [3.05, 3.63) is 95.6 Å². The van der Waals surface area contributed by atoms with Crippen molar-refractivity contribution in [3.8, 4) is 11.5 Å². The SMILES string of the molecule is CC[C@H](C)[C@H](NC(=O)[C@H](CO)NC(=O)[C@H](Cc1ccc(O)cc1)NC(=O)[C@H](CC(=O)O)NC(=O)[C@H](CO)NC(=O)[C@@H](NC(=O)[C@H](Cc1ccccc1)NC(=O)[C@@H](NC(=O)[C@H](C)NC(=O)[C@H](CCC(=O)O)NC(=O)[C@H](C)NC(=O)[C@@H](N)Cc1ccc(O)cc1)[C@@H](C)O)[C@@H](C)CC)C(=O)N[C@@H](C)C(=O)N[C@@H](CCSC)C(=O)O. The van der Waals surface area contributed by atoms with E-state index in [4.69, 9.17) is 5.73 Å². The van der Waals surface area contributed by atoms with Gasteiger partial charge in [-0.15, -0.1) is 0 Å². The van der Waals surface area contributed by atoms with Crippen LogP contribution in [0.2, 0.25) is 0 Å². The number of phenolic OH excluding ortho intramolecular Hbond substituents is 2. The Labute approximate surface area is 644 Å². The van der Waals surface area contributed by atoms with Crippen molar-refractivity contribution >= 4 is 106 Å². The summed E-state index contributed by atoms with van der Waals surface area (Å²) in [6.45, 7) is 8.77. The molecule has 13 amide bonds. The van der Waals surface area contributed by atoms with Gasteiger partial charge in [0.05, 0.1) is 31.8 Å². The summed E-state index contributed by atoms with van der Waals surface area (Å²) < 4.78 is 0. The number of aliphatic hydroxyl groups excluding tert-OH is 3. The van der Waals surface area contributed by atoms with Crippen molar-refractivity contribution in [1.29, 1.82) is 0 Å². The second kappa shape index (κ2) is 47.1. The molecule has 0 heterocycles. The van der Waals surface area contributed by atoms with Crippen molar-refractivity contribution in [3.63, 3.8) is 0 Å². The van der Waals surface area contributed by atoms with E-state index in [9.17, 15) is 118 Å². The first-order valence-electron chi connectivity index (χ1n) is 35.6. The molecule has 0 aliphatic heterocycles. The Morgan fingerprint density at radius 3 is 1.17 bits per heavy atom. The molecule has 39 heteroatoms. The summed E-state index contributed by atoms with van der Waals surface area (Å²) in [5.74, 6) is -19.9. The number of nitrogens with two attached hydrogens (primary N) is 1. The van der Waals surface area contributed by atoms with Crippen LogP contribution in [0.1, 0.15) is 111 Å². The second-order valence-corrected chi connectivity index (χ2v) is 27.6. The Kier molecular flexibility index (Phi) is 40.0. The lowest BCUT2D eigenvalue weighted by molar-refractivity contribution is -0.142. The summed E-state index contributed by atoms with van der Waals surface area (Å²) in [4.78, 5) is 216. The molecule has 0 unspecified atom stereocenters. The van der Waals surface area contributed by atoms with Crippen LogP contribution in [0.5, 0.6) is 11.5 Å². The highest BCUT2D eigenvalue weighted by Gasteiger charge is 2.39. The summed E-state index contributed by atoms with van der Waals surface area (Å²) in [7, 11) is 0. The molecule has 0 saturated heterocycles. The molecule has 0 spiro atoms. The molecule has 3 rings (SSSR count). The van der Waals surface area contributed by atoms with E-state index in [0.717, 1.165) is 13.8 Å². The van der Waals surface area contributed by atoms with Gasteiger partial charge in [0.25, 0.3) is 0 Å². The number of hydrogen-bond acceptors (Lipinski definition) is 23. The number of aliphatic carboxylic acids is 3. The van der Waals surface area contributed by atoms with E-state index >= 15 is 0 Å². The van der Waals surface area contributed by atoms with E-state index in [-0.39, 0.29) is 49.2 Å². The maximum atomic E-state index is 14.6. The number of carboxylic acid groups (broad SMARTS) is 3. The third-order valence-electron chi connectivity index (χ3n) is 17.7. The van der Waals surface area contributed by atoms with Gasteiger partial charge in [-0.05, 0) is 112 Å². The van der Waals surface area contributed by atoms with E-state index in [0.29, 0.717) is 16.9 Å². The van der Waals surface area contributed by atoms with Crippen molar-refractivity contribution in [2.24, 2.45) is 17.6 Å². The number of carboxylic acids is 3. The van der Waals surface area contributed by atoms with E-state index < -0.39 is 236 Å². The predicted octanol–water partition coefficient (Wildman–Crippen LogP) is -4.55. The van der Waals surface area contributed by atoms with E-state index in [1.165, 1.54) is 81.1 Å². The monoisotopic (exact) mass is 1580 g/mol. The largest absolute Gasteiger partial charge is 0.508 e.